The van der Waals surface area contributed by atoms with Crippen molar-refractivity contribution in [2.24, 2.45) is 0 Å². The molecule has 0 spiro atoms. The second-order valence-corrected chi connectivity index (χ2v) is 2.93. The molecule has 0 saturated carbocycles. The monoisotopic (exact) mass is 220 g/mol. The molecule has 0 amide bonds. The Morgan fingerprint density at radius 1 is 1.62 bits per heavy atom. The van der Waals surface area contributed by atoms with Crippen molar-refractivity contribution in [3.8, 4) is 11.8 Å². The van der Waals surface area contributed by atoms with Crippen molar-refractivity contribution in [3.05, 3.63) is 23.5 Å². The van der Waals surface area contributed by atoms with Crippen LogP contribution in [0.2, 0.25) is 0 Å². The maximum Gasteiger partial charge on any atom is 0.310 e. The number of rotatable bonds is 4. The molecule has 0 bridgehead atoms. The third kappa shape index (κ3) is 2.70. The minimum atomic E-state index is -0.398. The summed E-state index contributed by atoms with van der Waals surface area (Å²) >= 11 is 0. The van der Waals surface area contributed by atoms with Crippen molar-refractivity contribution >= 4 is 5.97 Å². The first-order valence-corrected chi connectivity index (χ1v) is 4.80. The van der Waals surface area contributed by atoms with Gasteiger partial charge in [0.05, 0.1) is 20.1 Å². The Hall–Kier alpha value is -2.09. The van der Waals surface area contributed by atoms with E-state index in [4.69, 9.17) is 14.7 Å². The topological polar surface area (TPSA) is 72.2 Å². The van der Waals surface area contributed by atoms with Gasteiger partial charge in [-0.1, -0.05) is 0 Å². The Morgan fingerprint density at radius 3 is 2.94 bits per heavy atom. The van der Waals surface area contributed by atoms with Gasteiger partial charge in [-0.15, -0.1) is 0 Å². The zero-order valence-corrected chi connectivity index (χ0v) is 9.19. The summed E-state index contributed by atoms with van der Waals surface area (Å²) in [4.78, 5) is 15.2. The van der Waals surface area contributed by atoms with Crippen LogP contribution in [0.1, 0.15) is 18.2 Å². The Morgan fingerprint density at radius 2 is 2.38 bits per heavy atom. The fourth-order valence-electron chi connectivity index (χ4n) is 1.29. The highest BCUT2D eigenvalue weighted by Crippen LogP contribution is 2.20. The molecule has 0 aromatic carbocycles. The van der Waals surface area contributed by atoms with Crippen LogP contribution in [-0.4, -0.2) is 24.7 Å². The summed E-state index contributed by atoms with van der Waals surface area (Å²) in [6, 6.07) is 3.53. The molecular formula is C11H12N2O3. The molecule has 0 saturated heterocycles. The summed E-state index contributed by atoms with van der Waals surface area (Å²) < 4.78 is 9.88. The Balaban J connectivity index is 3.01. The molecule has 0 radical (unpaired) electrons. The molecule has 1 heterocycles. The molecule has 0 unspecified atom stereocenters. The molecule has 1 aromatic heterocycles. The summed E-state index contributed by atoms with van der Waals surface area (Å²) in [5.74, 6) is 0.0740. The standard InChI is InChI=1S/C11H12N2O3/c1-3-16-11(14)6-8-9(7-12)13-5-4-10(8)15-2/h4-5H,3,6H2,1-2H3. The highest BCUT2D eigenvalue weighted by atomic mass is 16.5. The van der Waals surface area contributed by atoms with E-state index in [9.17, 15) is 4.79 Å². The second-order valence-electron chi connectivity index (χ2n) is 2.93. The minimum Gasteiger partial charge on any atom is -0.496 e. The summed E-state index contributed by atoms with van der Waals surface area (Å²) in [6.07, 6.45) is 1.46. The van der Waals surface area contributed by atoms with E-state index in [1.807, 2.05) is 6.07 Å². The lowest BCUT2D eigenvalue weighted by Crippen LogP contribution is -2.10. The number of pyridine rings is 1. The maximum absolute atomic E-state index is 11.3. The van der Waals surface area contributed by atoms with Crippen LogP contribution in [0.15, 0.2) is 12.3 Å². The van der Waals surface area contributed by atoms with E-state index in [2.05, 4.69) is 4.98 Å². The Kier molecular flexibility index (Phi) is 4.28. The number of hydrogen-bond acceptors (Lipinski definition) is 5. The SMILES string of the molecule is CCOC(=O)Cc1c(OC)ccnc1C#N. The lowest BCUT2D eigenvalue weighted by Gasteiger charge is -2.08. The Labute approximate surface area is 93.6 Å². The first-order valence-electron chi connectivity index (χ1n) is 4.80. The number of ether oxygens (including phenoxy) is 2. The van der Waals surface area contributed by atoms with E-state index in [1.54, 1.807) is 13.0 Å². The van der Waals surface area contributed by atoms with Gasteiger partial charge in [-0.25, -0.2) is 4.98 Å². The van der Waals surface area contributed by atoms with Crippen molar-refractivity contribution in [3.63, 3.8) is 0 Å². The summed E-state index contributed by atoms with van der Waals surface area (Å²) in [5, 5.41) is 8.86. The van der Waals surface area contributed by atoms with E-state index in [0.29, 0.717) is 17.9 Å². The van der Waals surface area contributed by atoms with Gasteiger partial charge in [-0.2, -0.15) is 5.26 Å². The molecule has 84 valence electrons. The maximum atomic E-state index is 11.3. The highest BCUT2D eigenvalue weighted by molar-refractivity contribution is 5.74. The molecule has 5 nitrogen and oxygen atoms in total. The van der Waals surface area contributed by atoms with Gasteiger partial charge < -0.3 is 9.47 Å². The fourth-order valence-corrected chi connectivity index (χ4v) is 1.29. The van der Waals surface area contributed by atoms with E-state index < -0.39 is 5.97 Å². The average Bonchev–Trinajstić information content (AvgIpc) is 2.29. The second kappa shape index (κ2) is 5.71. The number of esters is 1. The van der Waals surface area contributed by atoms with Crippen molar-refractivity contribution in [2.45, 2.75) is 13.3 Å². The number of carbonyl (C=O) groups excluding carboxylic acids is 1. The van der Waals surface area contributed by atoms with E-state index in [1.165, 1.54) is 13.3 Å². The minimum absolute atomic E-state index is 0.00620. The van der Waals surface area contributed by atoms with Crippen LogP contribution in [0.5, 0.6) is 5.75 Å². The van der Waals surface area contributed by atoms with Gasteiger partial charge in [-0.3, -0.25) is 4.79 Å². The van der Waals surface area contributed by atoms with Crippen LogP contribution in [0.25, 0.3) is 0 Å². The zero-order valence-electron chi connectivity index (χ0n) is 9.19. The molecule has 0 fully saturated rings. The number of carbonyl (C=O) groups is 1. The third-order valence-corrected chi connectivity index (χ3v) is 1.97. The molecule has 0 aliphatic carbocycles. The molecule has 0 N–H and O–H groups in total. The van der Waals surface area contributed by atoms with E-state index in [0.717, 1.165) is 0 Å². The lowest BCUT2D eigenvalue weighted by molar-refractivity contribution is -0.142. The van der Waals surface area contributed by atoms with Gasteiger partial charge in [0.25, 0.3) is 0 Å². The first-order chi connectivity index (χ1) is 7.72. The highest BCUT2D eigenvalue weighted by Gasteiger charge is 2.14. The van der Waals surface area contributed by atoms with Crippen LogP contribution in [-0.2, 0) is 16.0 Å². The molecule has 5 heteroatoms. The summed E-state index contributed by atoms with van der Waals surface area (Å²) in [6.45, 7) is 2.03. The van der Waals surface area contributed by atoms with Gasteiger partial charge in [0, 0.05) is 11.8 Å². The molecule has 1 rings (SSSR count). The molecule has 0 aliphatic heterocycles. The number of nitriles is 1. The van der Waals surface area contributed by atoms with E-state index in [-0.39, 0.29) is 12.1 Å². The molecule has 0 aliphatic rings. The number of aromatic nitrogens is 1. The molecule has 16 heavy (non-hydrogen) atoms. The molecule has 1 aromatic rings. The van der Waals surface area contributed by atoms with Crippen molar-refractivity contribution in [2.75, 3.05) is 13.7 Å². The number of hydrogen-bond donors (Lipinski definition) is 0. The van der Waals surface area contributed by atoms with Crippen molar-refractivity contribution in [1.82, 2.24) is 4.98 Å². The number of nitrogens with zero attached hydrogens (tertiary/aromatic N) is 2. The van der Waals surface area contributed by atoms with Crippen LogP contribution in [0.3, 0.4) is 0 Å². The van der Waals surface area contributed by atoms with E-state index >= 15 is 0 Å². The predicted octanol–water partition coefficient (Wildman–Crippen LogP) is 1.07. The van der Waals surface area contributed by atoms with Gasteiger partial charge in [0.2, 0.25) is 0 Å². The zero-order chi connectivity index (χ0) is 12.0. The fraction of sp³-hybridized carbons (Fsp3) is 0.364. The Bertz CT molecular complexity index is 424. The number of methoxy groups -OCH3 is 1. The normalized spacial score (nSPS) is 9.31. The smallest absolute Gasteiger partial charge is 0.310 e. The average molecular weight is 220 g/mol. The predicted molar refractivity (Wildman–Crippen MR) is 55.8 cm³/mol. The van der Waals surface area contributed by atoms with Gasteiger partial charge in [0.1, 0.15) is 17.5 Å². The lowest BCUT2D eigenvalue weighted by atomic mass is 10.1. The molecule has 0 atom stereocenters. The van der Waals surface area contributed by atoms with Crippen molar-refractivity contribution in [1.29, 1.82) is 5.26 Å². The van der Waals surface area contributed by atoms with Crippen LogP contribution in [0, 0.1) is 11.3 Å². The van der Waals surface area contributed by atoms with Crippen LogP contribution >= 0.6 is 0 Å². The van der Waals surface area contributed by atoms with Gasteiger partial charge in [-0.05, 0) is 13.0 Å². The van der Waals surface area contributed by atoms with Gasteiger partial charge >= 0.3 is 5.97 Å². The summed E-state index contributed by atoms with van der Waals surface area (Å²) in [7, 11) is 1.48. The molecular weight excluding hydrogens is 208 g/mol. The summed E-state index contributed by atoms with van der Waals surface area (Å²) in [5.41, 5.74) is 0.651. The van der Waals surface area contributed by atoms with Gasteiger partial charge in [0.15, 0.2) is 0 Å². The largest absolute Gasteiger partial charge is 0.496 e. The first kappa shape index (κ1) is 12.0. The van der Waals surface area contributed by atoms with Crippen LogP contribution in [0.4, 0.5) is 0 Å². The third-order valence-electron chi connectivity index (χ3n) is 1.97. The van der Waals surface area contributed by atoms with Crippen LogP contribution < -0.4 is 4.74 Å². The van der Waals surface area contributed by atoms with Crippen molar-refractivity contribution < 1.29 is 14.3 Å². The quantitative estimate of drug-likeness (QED) is 0.709.